The van der Waals surface area contributed by atoms with Crippen LogP contribution in [0.1, 0.15) is 25.0 Å². The SMILES string of the molecule is COc1ccc(CO[C@H]2[C@@H]3OC(C)(C)O[C@@H]3[C@@H](SCc3ccc(OC)cc3)O[C@@H]2CO)cc1. The molecule has 0 bridgehead atoms. The molecule has 0 radical (unpaired) electrons. The van der Waals surface area contributed by atoms with Gasteiger partial charge in [0.25, 0.3) is 0 Å². The molecule has 180 valence electrons. The molecule has 8 heteroatoms. The van der Waals surface area contributed by atoms with E-state index in [1.807, 2.05) is 62.4 Å². The van der Waals surface area contributed by atoms with Crippen molar-refractivity contribution in [3.8, 4) is 11.5 Å². The fraction of sp³-hybridized carbons (Fsp3) is 0.520. The molecular formula is C25H32O7S. The molecule has 1 N–H and O–H groups in total. The fourth-order valence-electron chi connectivity index (χ4n) is 4.12. The molecule has 4 rings (SSSR count). The third-order valence-corrected chi connectivity index (χ3v) is 6.99. The monoisotopic (exact) mass is 476 g/mol. The first-order valence-electron chi connectivity index (χ1n) is 11.0. The summed E-state index contributed by atoms with van der Waals surface area (Å²) in [5.41, 5.74) is 1.85. The Labute approximate surface area is 199 Å². The molecule has 0 amide bonds. The highest BCUT2D eigenvalue weighted by molar-refractivity contribution is 7.99. The van der Waals surface area contributed by atoms with Gasteiger partial charge in [-0.05, 0) is 49.2 Å². The number of thioether (sulfide) groups is 1. The highest BCUT2D eigenvalue weighted by atomic mass is 32.2. The van der Waals surface area contributed by atoms with Crippen LogP contribution in [0.5, 0.6) is 11.5 Å². The minimum atomic E-state index is -0.760. The van der Waals surface area contributed by atoms with Crippen molar-refractivity contribution in [2.75, 3.05) is 20.8 Å². The van der Waals surface area contributed by atoms with Crippen molar-refractivity contribution in [3.63, 3.8) is 0 Å². The molecule has 7 nitrogen and oxygen atoms in total. The van der Waals surface area contributed by atoms with Gasteiger partial charge in [0.05, 0.1) is 27.4 Å². The van der Waals surface area contributed by atoms with Crippen LogP contribution in [0.4, 0.5) is 0 Å². The van der Waals surface area contributed by atoms with E-state index in [0.717, 1.165) is 28.4 Å². The number of hydrogen-bond acceptors (Lipinski definition) is 8. The third kappa shape index (κ3) is 5.82. The van der Waals surface area contributed by atoms with Crippen molar-refractivity contribution >= 4 is 11.8 Å². The Bertz CT molecular complexity index is 887. The number of methoxy groups -OCH3 is 2. The normalized spacial score (nSPS) is 28.3. The lowest BCUT2D eigenvalue weighted by atomic mass is 10.00. The molecule has 2 saturated heterocycles. The van der Waals surface area contributed by atoms with Crippen LogP contribution in [-0.4, -0.2) is 61.6 Å². The number of fused-ring (bicyclic) bond motifs is 1. The predicted molar refractivity (Wildman–Crippen MR) is 125 cm³/mol. The first-order chi connectivity index (χ1) is 15.9. The molecule has 0 aliphatic carbocycles. The van der Waals surface area contributed by atoms with Crippen LogP contribution in [0.15, 0.2) is 48.5 Å². The summed E-state index contributed by atoms with van der Waals surface area (Å²) in [4.78, 5) is 0. The summed E-state index contributed by atoms with van der Waals surface area (Å²) in [6.07, 6.45) is -1.64. The molecule has 0 spiro atoms. The minimum absolute atomic E-state index is 0.167. The van der Waals surface area contributed by atoms with Gasteiger partial charge in [-0.3, -0.25) is 0 Å². The van der Waals surface area contributed by atoms with Gasteiger partial charge in [0.15, 0.2) is 5.79 Å². The van der Waals surface area contributed by atoms with Crippen molar-refractivity contribution in [1.29, 1.82) is 0 Å². The van der Waals surface area contributed by atoms with Gasteiger partial charge in [0.2, 0.25) is 0 Å². The van der Waals surface area contributed by atoms with Gasteiger partial charge >= 0.3 is 0 Å². The molecule has 2 heterocycles. The Hall–Kier alpha value is -1.81. The zero-order valence-electron chi connectivity index (χ0n) is 19.4. The lowest BCUT2D eigenvalue weighted by Crippen LogP contribution is -2.57. The van der Waals surface area contributed by atoms with Crippen LogP contribution in [-0.2, 0) is 31.3 Å². The van der Waals surface area contributed by atoms with Gasteiger partial charge in [-0.1, -0.05) is 24.3 Å². The largest absolute Gasteiger partial charge is 0.497 e. The first kappa shape index (κ1) is 24.3. The van der Waals surface area contributed by atoms with Crippen molar-refractivity contribution in [2.24, 2.45) is 0 Å². The van der Waals surface area contributed by atoms with Crippen LogP contribution in [0, 0.1) is 0 Å². The summed E-state index contributed by atoms with van der Waals surface area (Å²) in [6.45, 7) is 3.99. The molecule has 2 aromatic carbocycles. The zero-order chi connectivity index (χ0) is 23.4. The van der Waals surface area contributed by atoms with Crippen LogP contribution >= 0.6 is 11.8 Å². The Morgan fingerprint density at radius 3 is 2.03 bits per heavy atom. The van der Waals surface area contributed by atoms with Crippen molar-refractivity contribution in [2.45, 2.75) is 61.8 Å². The Morgan fingerprint density at radius 1 is 0.879 bits per heavy atom. The second-order valence-corrected chi connectivity index (χ2v) is 9.66. The average Bonchev–Trinajstić information content (AvgIpc) is 3.17. The lowest BCUT2D eigenvalue weighted by molar-refractivity contribution is -0.196. The quantitative estimate of drug-likeness (QED) is 0.586. The maximum Gasteiger partial charge on any atom is 0.164 e. The molecule has 2 aromatic rings. The van der Waals surface area contributed by atoms with E-state index < -0.39 is 18.0 Å². The van der Waals surface area contributed by atoms with Gasteiger partial charge in [0, 0.05) is 5.75 Å². The second kappa shape index (κ2) is 10.6. The van der Waals surface area contributed by atoms with Gasteiger partial charge in [-0.25, -0.2) is 0 Å². The zero-order valence-corrected chi connectivity index (χ0v) is 20.2. The Balaban J connectivity index is 1.44. The summed E-state index contributed by atoms with van der Waals surface area (Å²) >= 11 is 1.63. The minimum Gasteiger partial charge on any atom is -0.497 e. The summed E-state index contributed by atoms with van der Waals surface area (Å²) in [5, 5.41) is 10.1. The highest BCUT2D eigenvalue weighted by Gasteiger charge is 2.55. The van der Waals surface area contributed by atoms with Crippen molar-refractivity contribution in [1.82, 2.24) is 0 Å². The van der Waals surface area contributed by atoms with Crippen LogP contribution in [0.3, 0.4) is 0 Å². The van der Waals surface area contributed by atoms with Gasteiger partial charge in [0.1, 0.15) is 41.4 Å². The molecule has 0 unspecified atom stereocenters. The summed E-state index contributed by atoms with van der Waals surface area (Å²) < 4.78 is 35.4. The number of aliphatic hydroxyl groups is 1. The number of ether oxygens (including phenoxy) is 6. The molecule has 5 atom stereocenters. The van der Waals surface area contributed by atoms with E-state index >= 15 is 0 Å². The summed E-state index contributed by atoms with van der Waals surface area (Å²) in [5.74, 6) is 1.59. The maximum atomic E-state index is 10.1. The lowest BCUT2D eigenvalue weighted by Gasteiger charge is -2.41. The third-order valence-electron chi connectivity index (χ3n) is 5.79. The van der Waals surface area contributed by atoms with E-state index in [4.69, 9.17) is 28.4 Å². The fourth-order valence-corrected chi connectivity index (χ4v) is 5.29. The molecule has 2 aliphatic rings. The molecule has 0 aromatic heterocycles. The molecule has 2 aliphatic heterocycles. The smallest absolute Gasteiger partial charge is 0.164 e. The van der Waals surface area contributed by atoms with E-state index in [1.165, 1.54) is 0 Å². The van der Waals surface area contributed by atoms with Gasteiger partial charge in [-0.2, -0.15) is 0 Å². The number of aliphatic hydroxyl groups excluding tert-OH is 1. The van der Waals surface area contributed by atoms with Crippen molar-refractivity contribution < 1.29 is 33.5 Å². The topological polar surface area (TPSA) is 75.6 Å². The number of hydrogen-bond donors (Lipinski definition) is 1. The predicted octanol–water partition coefficient (Wildman–Crippen LogP) is 3.76. The standard InChI is InChI=1S/C25H32O7S/c1-25(2)31-22-21(29-14-16-5-9-18(27-3)10-6-16)20(13-26)30-24(23(22)32-25)33-15-17-7-11-19(28-4)12-8-17/h5-12,20-24,26H,13-15H2,1-4H3/t20-,21-,22+,23+,24-/m1/s1. The maximum absolute atomic E-state index is 10.1. The van der Waals surface area contributed by atoms with E-state index in [-0.39, 0.29) is 24.3 Å². The molecule has 33 heavy (non-hydrogen) atoms. The van der Waals surface area contributed by atoms with E-state index in [2.05, 4.69) is 0 Å². The summed E-state index contributed by atoms with van der Waals surface area (Å²) in [6, 6.07) is 15.7. The summed E-state index contributed by atoms with van der Waals surface area (Å²) in [7, 11) is 3.29. The van der Waals surface area contributed by atoms with E-state index in [1.54, 1.807) is 26.0 Å². The van der Waals surface area contributed by atoms with Gasteiger partial charge in [-0.15, -0.1) is 11.8 Å². The second-order valence-electron chi connectivity index (χ2n) is 8.57. The number of rotatable bonds is 9. The van der Waals surface area contributed by atoms with E-state index in [0.29, 0.717) is 6.61 Å². The van der Waals surface area contributed by atoms with Crippen LogP contribution in [0.25, 0.3) is 0 Å². The molecular weight excluding hydrogens is 444 g/mol. The molecule has 0 saturated carbocycles. The van der Waals surface area contributed by atoms with Crippen LogP contribution in [0.2, 0.25) is 0 Å². The highest BCUT2D eigenvalue weighted by Crippen LogP contribution is 2.42. The Kier molecular flexibility index (Phi) is 7.83. The molecule has 2 fully saturated rings. The Morgan fingerprint density at radius 2 is 1.45 bits per heavy atom. The first-order valence-corrected chi connectivity index (χ1v) is 12.1. The van der Waals surface area contributed by atoms with Gasteiger partial charge < -0.3 is 33.5 Å². The average molecular weight is 477 g/mol. The number of benzene rings is 2. The van der Waals surface area contributed by atoms with E-state index in [9.17, 15) is 5.11 Å². The van der Waals surface area contributed by atoms with Crippen LogP contribution < -0.4 is 9.47 Å². The van der Waals surface area contributed by atoms with Crippen molar-refractivity contribution in [3.05, 3.63) is 59.7 Å².